The van der Waals surface area contributed by atoms with Crippen LogP contribution in [0.4, 0.5) is 0 Å². The molecule has 0 atom stereocenters. The molecule has 3 nitrogen and oxygen atoms in total. The van der Waals surface area contributed by atoms with Crippen LogP contribution in [0, 0.1) is 0 Å². The number of rotatable bonds is 1. The average Bonchev–Trinajstić information content (AvgIpc) is 2.54. The van der Waals surface area contributed by atoms with Gasteiger partial charge in [0.15, 0.2) is 0 Å². The number of hydrogen-bond acceptors (Lipinski definition) is 3. The van der Waals surface area contributed by atoms with Crippen molar-refractivity contribution in [3.05, 3.63) is 11.7 Å². The summed E-state index contributed by atoms with van der Waals surface area (Å²) in [6, 6.07) is 0. The summed E-state index contributed by atoms with van der Waals surface area (Å²) < 4.78 is 82.2. The van der Waals surface area contributed by atoms with E-state index in [9.17, 15) is 0 Å². The van der Waals surface area contributed by atoms with Gasteiger partial charge in [0.1, 0.15) is 0 Å². The number of allylic oxidation sites excluding steroid dienone is 1. The van der Waals surface area contributed by atoms with E-state index in [1.807, 2.05) is 0 Å². The lowest BCUT2D eigenvalue weighted by molar-refractivity contribution is 0.00578. The van der Waals surface area contributed by atoms with Crippen LogP contribution in [0.5, 0.6) is 0 Å². The predicted octanol–water partition coefficient (Wildman–Crippen LogP) is 2.23. The summed E-state index contributed by atoms with van der Waals surface area (Å²) in [6.45, 7) is 0.780. The van der Waals surface area contributed by atoms with Gasteiger partial charge in [-0.3, -0.25) is 0 Å². The van der Waals surface area contributed by atoms with Gasteiger partial charge < -0.3 is 14.2 Å². The van der Waals surface area contributed by atoms with Gasteiger partial charge >= 0.3 is 7.12 Å². The second-order valence-corrected chi connectivity index (χ2v) is 4.90. The van der Waals surface area contributed by atoms with Gasteiger partial charge in [-0.25, -0.2) is 0 Å². The van der Waals surface area contributed by atoms with Gasteiger partial charge in [-0.15, -0.1) is 0 Å². The quantitative estimate of drug-likeness (QED) is 0.647. The summed E-state index contributed by atoms with van der Waals surface area (Å²) in [7, 11) is -1.34. The first kappa shape index (κ1) is 5.03. The van der Waals surface area contributed by atoms with E-state index < -0.39 is 50.0 Å². The average molecular weight is 232 g/mol. The van der Waals surface area contributed by atoms with E-state index in [1.54, 1.807) is 27.7 Å². The molecule has 0 radical (unpaired) electrons. The van der Waals surface area contributed by atoms with Crippen molar-refractivity contribution < 1.29 is 21.6 Å². The maximum Gasteiger partial charge on any atom is 0.492 e. The van der Waals surface area contributed by atoms with Gasteiger partial charge in [0.2, 0.25) is 0 Å². The second-order valence-electron chi connectivity index (χ2n) is 4.90. The minimum absolute atomic E-state index is 0.224. The summed E-state index contributed by atoms with van der Waals surface area (Å²) >= 11 is 0. The minimum atomic E-state index is -3.16. The molecule has 0 unspecified atom stereocenters. The van der Waals surface area contributed by atoms with Gasteiger partial charge in [-0.1, -0.05) is 0 Å². The molecular weight excluding hydrogens is 201 g/mol. The molecule has 0 aromatic rings. The predicted molar refractivity (Wildman–Crippen MR) is 66.0 cm³/mol. The van der Waals surface area contributed by atoms with Crippen molar-refractivity contribution in [2.24, 2.45) is 0 Å². The first-order valence-electron chi connectivity index (χ1n) is 9.66. The van der Waals surface area contributed by atoms with E-state index in [0.717, 1.165) is 6.20 Å². The highest BCUT2D eigenvalue weighted by atomic mass is 16.7. The molecule has 0 aromatic carbocycles. The molecule has 1 fully saturated rings. The molecule has 2 aliphatic heterocycles. The third-order valence-electron chi connectivity index (χ3n) is 3.16. The first-order valence-corrected chi connectivity index (χ1v) is 5.16. The standard InChI is InChI=1S/C12H22BNO2/c1-11(2)12(3,4)16-13(15-11)10-7-6-8-14(5)9-10/h9H,6-8H2,1-5H3/i5D3,6D2,7D2,8D2. The fourth-order valence-corrected chi connectivity index (χ4v) is 1.45. The Morgan fingerprint density at radius 1 is 1.38 bits per heavy atom. The molecule has 0 amide bonds. The lowest BCUT2D eigenvalue weighted by atomic mass is 9.75. The van der Waals surface area contributed by atoms with Crippen LogP contribution in [0.25, 0.3) is 0 Å². The number of hydrogen-bond donors (Lipinski definition) is 0. The van der Waals surface area contributed by atoms with Crippen LogP contribution in [0.2, 0.25) is 0 Å². The molecule has 90 valence electrons. The Bertz CT molecular complexity index is 584. The van der Waals surface area contributed by atoms with Crippen molar-refractivity contribution in [1.29, 1.82) is 0 Å². The van der Waals surface area contributed by atoms with Crippen LogP contribution >= 0.6 is 0 Å². The molecular formula is C12H22BNO2. The Balaban J connectivity index is 2.62. The van der Waals surface area contributed by atoms with Crippen LogP contribution < -0.4 is 0 Å². The van der Waals surface area contributed by atoms with E-state index in [2.05, 4.69) is 0 Å². The molecule has 2 aliphatic rings. The van der Waals surface area contributed by atoms with Crippen LogP contribution in [0.15, 0.2) is 11.7 Å². The Kier molecular flexibility index (Phi) is 1.19. The summed E-state index contributed by atoms with van der Waals surface area (Å²) in [5.74, 6) is 0. The SMILES string of the molecule is [2H]C([2H])([2H])N1C=C(B2OC(C)(C)C(C)(C)O2)C([2H])([2H])C([2H])([2H])C1([2H])[2H]. The summed E-state index contributed by atoms with van der Waals surface area (Å²) in [5, 5.41) is 0. The summed E-state index contributed by atoms with van der Waals surface area (Å²) in [6.07, 6.45) is -5.24. The maximum atomic E-state index is 8.17. The van der Waals surface area contributed by atoms with E-state index >= 15 is 0 Å². The first-order chi connectivity index (χ1) is 10.8. The van der Waals surface area contributed by atoms with Crippen LogP contribution in [-0.2, 0) is 9.31 Å². The largest absolute Gasteiger partial charge is 0.492 e. The van der Waals surface area contributed by atoms with E-state index in [1.165, 1.54) is 0 Å². The van der Waals surface area contributed by atoms with Crippen molar-refractivity contribution in [3.8, 4) is 0 Å². The van der Waals surface area contributed by atoms with Crippen molar-refractivity contribution in [2.75, 3.05) is 13.5 Å². The van der Waals surface area contributed by atoms with Crippen molar-refractivity contribution in [1.82, 2.24) is 4.90 Å². The van der Waals surface area contributed by atoms with Crippen molar-refractivity contribution in [2.45, 2.75) is 51.6 Å². The molecule has 0 aromatic heterocycles. The maximum absolute atomic E-state index is 8.17. The van der Waals surface area contributed by atoms with E-state index in [4.69, 9.17) is 21.6 Å². The lowest BCUT2D eigenvalue weighted by Gasteiger charge is -2.32. The van der Waals surface area contributed by atoms with Crippen LogP contribution in [-0.4, -0.2) is 36.7 Å². The normalized spacial score (nSPS) is 46.8. The Labute approximate surface area is 112 Å². The number of nitrogens with zero attached hydrogens (tertiary/aromatic N) is 1. The lowest BCUT2D eigenvalue weighted by Crippen LogP contribution is -2.41. The smallest absolute Gasteiger partial charge is 0.400 e. The molecule has 16 heavy (non-hydrogen) atoms. The molecule has 2 heterocycles. The summed E-state index contributed by atoms with van der Waals surface area (Å²) in [5.41, 5.74) is -2.09. The van der Waals surface area contributed by atoms with E-state index in [0.29, 0.717) is 0 Å². The van der Waals surface area contributed by atoms with Crippen LogP contribution in [0.1, 0.15) is 52.8 Å². The highest BCUT2D eigenvalue weighted by Crippen LogP contribution is 2.39. The Morgan fingerprint density at radius 3 is 2.56 bits per heavy atom. The Morgan fingerprint density at radius 2 is 2.00 bits per heavy atom. The minimum Gasteiger partial charge on any atom is -0.400 e. The molecule has 0 N–H and O–H groups in total. The monoisotopic (exact) mass is 232 g/mol. The molecule has 0 bridgehead atoms. The van der Waals surface area contributed by atoms with Gasteiger partial charge in [0.05, 0.1) is 11.2 Å². The zero-order valence-electron chi connectivity index (χ0n) is 18.9. The molecule has 0 spiro atoms. The zero-order chi connectivity index (χ0) is 19.9. The molecule has 4 heteroatoms. The Hall–Kier alpha value is -0.475. The van der Waals surface area contributed by atoms with Crippen LogP contribution in [0.3, 0.4) is 0 Å². The highest BCUT2D eigenvalue weighted by molar-refractivity contribution is 6.54. The third-order valence-corrected chi connectivity index (χ3v) is 3.16. The second kappa shape index (κ2) is 3.78. The highest BCUT2D eigenvalue weighted by Gasteiger charge is 2.52. The molecule has 2 rings (SSSR count). The third kappa shape index (κ3) is 2.01. The van der Waals surface area contributed by atoms with Gasteiger partial charge in [0.25, 0.3) is 0 Å². The van der Waals surface area contributed by atoms with Crippen molar-refractivity contribution in [3.63, 3.8) is 0 Å². The van der Waals surface area contributed by atoms with Crippen molar-refractivity contribution >= 4 is 7.12 Å². The van der Waals surface area contributed by atoms with E-state index in [-0.39, 0.29) is 4.90 Å². The zero-order valence-corrected chi connectivity index (χ0v) is 9.92. The topological polar surface area (TPSA) is 21.7 Å². The summed E-state index contributed by atoms with van der Waals surface area (Å²) in [4.78, 5) is 0.224. The molecule has 0 saturated carbocycles. The van der Waals surface area contributed by atoms with Gasteiger partial charge in [0, 0.05) is 25.8 Å². The fourth-order valence-electron chi connectivity index (χ4n) is 1.45. The van der Waals surface area contributed by atoms with Gasteiger partial charge in [-0.2, -0.15) is 0 Å². The fraction of sp³-hybridized carbons (Fsp3) is 0.833. The van der Waals surface area contributed by atoms with Gasteiger partial charge in [-0.05, 0) is 52.1 Å². The molecule has 1 saturated heterocycles. The molecule has 0 aliphatic carbocycles.